The van der Waals surface area contributed by atoms with Gasteiger partial charge in [-0.15, -0.1) is 0 Å². The van der Waals surface area contributed by atoms with E-state index in [1.165, 1.54) is 12.1 Å². The highest BCUT2D eigenvalue weighted by Gasteiger charge is 2.08. The van der Waals surface area contributed by atoms with E-state index in [1.807, 2.05) is 0 Å². The molecule has 0 spiro atoms. The molecule has 0 aliphatic rings. The van der Waals surface area contributed by atoms with E-state index in [2.05, 4.69) is 4.98 Å². The zero-order chi connectivity index (χ0) is 13.7. The third-order valence-corrected chi connectivity index (χ3v) is 2.50. The molecule has 2 N–H and O–H groups in total. The van der Waals surface area contributed by atoms with Gasteiger partial charge in [-0.25, -0.2) is 9.78 Å². The van der Waals surface area contributed by atoms with Crippen LogP contribution in [-0.2, 0) is 6.54 Å². The molecule has 0 unspecified atom stereocenters. The van der Waals surface area contributed by atoms with Gasteiger partial charge in [-0.2, -0.15) is 0 Å². The molecule has 19 heavy (non-hydrogen) atoms. The topological polar surface area (TPSA) is 84.6 Å². The first kappa shape index (κ1) is 13.1. The van der Waals surface area contributed by atoms with Crippen molar-refractivity contribution in [1.29, 1.82) is 0 Å². The SMILES string of the molecule is O=C(O)c1cccc(OC[C@@H](O)Cn2ccnc2)c1. The number of carboxylic acids is 1. The van der Waals surface area contributed by atoms with E-state index in [0.717, 1.165) is 0 Å². The Morgan fingerprint density at radius 3 is 3.00 bits per heavy atom. The van der Waals surface area contributed by atoms with Crippen LogP contribution in [-0.4, -0.2) is 38.4 Å². The van der Waals surface area contributed by atoms with Crippen molar-refractivity contribution in [2.24, 2.45) is 0 Å². The molecule has 0 aliphatic heterocycles. The minimum Gasteiger partial charge on any atom is -0.491 e. The van der Waals surface area contributed by atoms with Crippen LogP contribution in [0.2, 0.25) is 0 Å². The van der Waals surface area contributed by atoms with Crippen molar-refractivity contribution in [2.45, 2.75) is 12.6 Å². The van der Waals surface area contributed by atoms with Gasteiger partial charge in [0.15, 0.2) is 0 Å². The molecule has 1 atom stereocenters. The second kappa shape index (κ2) is 6.01. The second-order valence-electron chi connectivity index (χ2n) is 4.06. The van der Waals surface area contributed by atoms with Crippen molar-refractivity contribution in [3.8, 4) is 5.75 Å². The lowest BCUT2D eigenvalue weighted by atomic mass is 10.2. The third kappa shape index (κ3) is 3.82. The summed E-state index contributed by atoms with van der Waals surface area (Å²) in [6, 6.07) is 6.15. The summed E-state index contributed by atoms with van der Waals surface area (Å²) in [5, 5.41) is 18.6. The minimum atomic E-state index is -1.01. The number of carbonyl (C=O) groups is 1. The van der Waals surface area contributed by atoms with Gasteiger partial charge in [0.2, 0.25) is 0 Å². The average molecular weight is 262 g/mol. The molecule has 6 nitrogen and oxygen atoms in total. The third-order valence-electron chi connectivity index (χ3n) is 2.50. The fourth-order valence-electron chi connectivity index (χ4n) is 1.60. The summed E-state index contributed by atoms with van der Waals surface area (Å²) in [5.41, 5.74) is 0.154. The molecule has 0 fully saturated rings. The molecular weight excluding hydrogens is 248 g/mol. The predicted octanol–water partition coefficient (Wildman–Crippen LogP) is 1.02. The van der Waals surface area contributed by atoms with Crippen LogP contribution in [0.3, 0.4) is 0 Å². The minimum absolute atomic E-state index is 0.0846. The molecule has 0 saturated heterocycles. The lowest BCUT2D eigenvalue weighted by molar-refractivity contribution is 0.0695. The fraction of sp³-hybridized carbons (Fsp3) is 0.231. The first-order valence-electron chi connectivity index (χ1n) is 5.75. The monoisotopic (exact) mass is 262 g/mol. The number of rotatable bonds is 6. The smallest absolute Gasteiger partial charge is 0.335 e. The summed E-state index contributed by atoms with van der Waals surface area (Å²) < 4.78 is 7.10. The van der Waals surface area contributed by atoms with Crippen LogP contribution in [0, 0.1) is 0 Å². The maximum absolute atomic E-state index is 10.8. The fourth-order valence-corrected chi connectivity index (χ4v) is 1.60. The van der Waals surface area contributed by atoms with Crippen molar-refractivity contribution in [3.05, 3.63) is 48.5 Å². The highest BCUT2D eigenvalue weighted by atomic mass is 16.5. The molecule has 0 aliphatic carbocycles. The van der Waals surface area contributed by atoms with Crippen molar-refractivity contribution >= 4 is 5.97 Å². The number of imidazole rings is 1. The van der Waals surface area contributed by atoms with Gasteiger partial charge in [-0.1, -0.05) is 6.07 Å². The highest BCUT2D eigenvalue weighted by Crippen LogP contribution is 2.13. The van der Waals surface area contributed by atoms with Crippen LogP contribution >= 0.6 is 0 Å². The Morgan fingerprint density at radius 1 is 1.47 bits per heavy atom. The largest absolute Gasteiger partial charge is 0.491 e. The van der Waals surface area contributed by atoms with E-state index < -0.39 is 12.1 Å². The molecule has 1 aromatic carbocycles. The van der Waals surface area contributed by atoms with Gasteiger partial charge >= 0.3 is 5.97 Å². The molecule has 0 radical (unpaired) electrons. The predicted molar refractivity (Wildman–Crippen MR) is 67.1 cm³/mol. The van der Waals surface area contributed by atoms with E-state index in [4.69, 9.17) is 9.84 Å². The number of aromatic nitrogens is 2. The Morgan fingerprint density at radius 2 is 2.32 bits per heavy atom. The van der Waals surface area contributed by atoms with Gasteiger partial charge < -0.3 is 19.5 Å². The van der Waals surface area contributed by atoms with Gasteiger partial charge in [0.05, 0.1) is 18.4 Å². The summed E-state index contributed by atoms with van der Waals surface area (Å²) >= 11 is 0. The Labute approximate surface area is 109 Å². The lowest BCUT2D eigenvalue weighted by Gasteiger charge is -2.13. The maximum atomic E-state index is 10.8. The van der Waals surface area contributed by atoms with E-state index in [-0.39, 0.29) is 12.2 Å². The quantitative estimate of drug-likeness (QED) is 0.812. The van der Waals surface area contributed by atoms with Crippen molar-refractivity contribution < 1.29 is 19.7 Å². The first-order chi connectivity index (χ1) is 9.15. The second-order valence-corrected chi connectivity index (χ2v) is 4.06. The van der Waals surface area contributed by atoms with Crippen molar-refractivity contribution in [3.63, 3.8) is 0 Å². The van der Waals surface area contributed by atoms with Gasteiger partial charge in [0, 0.05) is 12.4 Å². The molecule has 0 bridgehead atoms. The van der Waals surface area contributed by atoms with E-state index in [0.29, 0.717) is 12.3 Å². The van der Waals surface area contributed by atoms with Crippen LogP contribution in [0.15, 0.2) is 43.0 Å². The summed E-state index contributed by atoms with van der Waals surface area (Å²) in [7, 11) is 0. The van der Waals surface area contributed by atoms with Crippen molar-refractivity contribution in [2.75, 3.05) is 6.61 Å². The van der Waals surface area contributed by atoms with E-state index in [9.17, 15) is 9.90 Å². The Hall–Kier alpha value is -2.34. The number of ether oxygens (including phenoxy) is 1. The molecule has 2 rings (SSSR count). The Kier molecular flexibility index (Phi) is 4.15. The standard InChI is InChI=1S/C13H14N2O4/c16-11(7-15-5-4-14-9-15)8-19-12-3-1-2-10(6-12)13(17)18/h1-6,9,11,16H,7-8H2,(H,17,18)/t11-/m0/s1. The number of nitrogens with zero attached hydrogens (tertiary/aromatic N) is 2. The zero-order valence-corrected chi connectivity index (χ0v) is 10.1. The highest BCUT2D eigenvalue weighted by molar-refractivity contribution is 5.87. The van der Waals surface area contributed by atoms with Gasteiger partial charge in [0.1, 0.15) is 18.5 Å². The van der Waals surface area contributed by atoms with Crippen LogP contribution < -0.4 is 4.74 Å². The lowest BCUT2D eigenvalue weighted by Crippen LogP contribution is -2.23. The number of aromatic carboxylic acids is 1. The molecule has 1 heterocycles. The van der Waals surface area contributed by atoms with Crippen molar-refractivity contribution in [1.82, 2.24) is 9.55 Å². The van der Waals surface area contributed by atoms with Crippen LogP contribution in [0.25, 0.3) is 0 Å². The normalized spacial score (nSPS) is 12.1. The summed E-state index contributed by atoms with van der Waals surface area (Å²) in [5.74, 6) is -0.589. The van der Waals surface area contributed by atoms with E-state index in [1.54, 1.807) is 35.4 Å². The zero-order valence-electron chi connectivity index (χ0n) is 10.1. The number of aliphatic hydroxyl groups excluding tert-OH is 1. The molecule has 100 valence electrons. The number of aliphatic hydroxyl groups is 1. The van der Waals surface area contributed by atoms with Gasteiger partial charge in [-0.05, 0) is 18.2 Å². The molecular formula is C13H14N2O4. The molecule has 6 heteroatoms. The summed E-state index contributed by atoms with van der Waals surface area (Å²) in [6.45, 7) is 0.458. The Bertz CT molecular complexity index is 539. The van der Waals surface area contributed by atoms with E-state index >= 15 is 0 Å². The average Bonchev–Trinajstić information content (AvgIpc) is 2.89. The maximum Gasteiger partial charge on any atom is 0.335 e. The van der Waals surface area contributed by atoms with Gasteiger partial charge in [-0.3, -0.25) is 0 Å². The number of hydrogen-bond acceptors (Lipinski definition) is 4. The number of carboxylic acid groups (broad SMARTS) is 1. The summed E-state index contributed by atoms with van der Waals surface area (Å²) in [6.07, 6.45) is 4.29. The number of hydrogen-bond donors (Lipinski definition) is 2. The van der Waals surface area contributed by atoms with Crippen LogP contribution in [0.1, 0.15) is 10.4 Å². The van der Waals surface area contributed by atoms with Crippen LogP contribution in [0.4, 0.5) is 0 Å². The van der Waals surface area contributed by atoms with Crippen LogP contribution in [0.5, 0.6) is 5.75 Å². The number of benzene rings is 1. The Balaban J connectivity index is 1.88. The molecule has 0 amide bonds. The summed E-state index contributed by atoms with van der Waals surface area (Å²) in [4.78, 5) is 14.7. The molecule has 0 saturated carbocycles. The molecule has 1 aromatic heterocycles. The first-order valence-corrected chi connectivity index (χ1v) is 5.75. The molecule has 2 aromatic rings. The van der Waals surface area contributed by atoms with Gasteiger partial charge in [0.25, 0.3) is 0 Å².